The summed E-state index contributed by atoms with van der Waals surface area (Å²) < 4.78 is 0. The van der Waals surface area contributed by atoms with Gasteiger partial charge in [-0.3, -0.25) is 9.89 Å². The van der Waals surface area contributed by atoms with Gasteiger partial charge in [-0.15, -0.1) is 0 Å². The van der Waals surface area contributed by atoms with Gasteiger partial charge in [0, 0.05) is 17.2 Å². The summed E-state index contributed by atoms with van der Waals surface area (Å²) in [4.78, 5) is 11.1. The molecular formula is C11H13N3O. The minimum Gasteiger partial charge on any atom is -0.364 e. The van der Waals surface area contributed by atoms with Crippen molar-refractivity contribution in [3.8, 4) is 0 Å². The van der Waals surface area contributed by atoms with E-state index < -0.39 is 5.91 Å². The zero-order valence-electron chi connectivity index (χ0n) is 8.53. The second-order valence-electron chi connectivity index (χ2n) is 4.33. The highest BCUT2D eigenvalue weighted by Gasteiger charge is 2.56. The Hall–Kier alpha value is -1.58. The number of H-pyrrole nitrogens is 1. The Morgan fingerprint density at radius 2 is 2.47 bits per heavy atom. The molecule has 1 amide bonds. The number of nitrogens with zero attached hydrogens (tertiary/aromatic N) is 1. The molecule has 3 atom stereocenters. The van der Waals surface area contributed by atoms with E-state index in [1.807, 2.05) is 6.92 Å². The summed E-state index contributed by atoms with van der Waals surface area (Å²) in [6.07, 6.45) is 5.28. The monoisotopic (exact) mass is 203 g/mol. The first-order valence-electron chi connectivity index (χ1n) is 5.23. The van der Waals surface area contributed by atoms with Crippen LogP contribution in [0.2, 0.25) is 0 Å². The lowest BCUT2D eigenvalue weighted by Crippen LogP contribution is -2.14. The van der Waals surface area contributed by atoms with Gasteiger partial charge >= 0.3 is 0 Å². The molecule has 4 nitrogen and oxygen atoms in total. The number of primary amides is 1. The molecule has 1 aromatic heterocycles. The molecule has 3 rings (SSSR count). The van der Waals surface area contributed by atoms with Gasteiger partial charge in [-0.05, 0) is 25.2 Å². The van der Waals surface area contributed by atoms with Crippen LogP contribution in [-0.4, -0.2) is 16.1 Å². The van der Waals surface area contributed by atoms with Crippen LogP contribution >= 0.6 is 0 Å². The minimum atomic E-state index is -0.420. The van der Waals surface area contributed by atoms with Crippen LogP contribution in [0.3, 0.4) is 0 Å². The SMILES string of the molecule is CC=C[C@@H]1[C@@H]2Cc3c(C(N)=O)n[nH]c3[C@H]12. The molecule has 0 aliphatic heterocycles. The number of rotatable bonds is 2. The molecule has 15 heavy (non-hydrogen) atoms. The number of carbonyl (C=O) groups excluding carboxylic acids is 1. The number of nitrogens with two attached hydrogens (primary N) is 1. The Morgan fingerprint density at radius 3 is 3.13 bits per heavy atom. The molecule has 0 saturated heterocycles. The third kappa shape index (κ3) is 1.02. The predicted molar refractivity (Wildman–Crippen MR) is 55.3 cm³/mol. The maximum Gasteiger partial charge on any atom is 0.269 e. The van der Waals surface area contributed by atoms with E-state index in [0.29, 0.717) is 23.4 Å². The van der Waals surface area contributed by atoms with E-state index in [1.165, 1.54) is 0 Å². The maximum absolute atomic E-state index is 11.1. The van der Waals surface area contributed by atoms with Crippen molar-refractivity contribution < 1.29 is 4.79 Å². The van der Waals surface area contributed by atoms with Gasteiger partial charge in [0.1, 0.15) is 0 Å². The van der Waals surface area contributed by atoms with Gasteiger partial charge in [-0.1, -0.05) is 12.2 Å². The van der Waals surface area contributed by atoms with Gasteiger partial charge in [0.2, 0.25) is 0 Å². The van der Waals surface area contributed by atoms with Crippen molar-refractivity contribution in [1.29, 1.82) is 0 Å². The summed E-state index contributed by atoms with van der Waals surface area (Å²) >= 11 is 0. The normalized spacial score (nSPS) is 31.7. The molecule has 1 aromatic rings. The molecule has 1 saturated carbocycles. The fraction of sp³-hybridized carbons (Fsp3) is 0.455. The molecule has 0 aromatic carbocycles. The van der Waals surface area contributed by atoms with Crippen LogP contribution in [0.25, 0.3) is 0 Å². The Balaban J connectivity index is 1.94. The first-order chi connectivity index (χ1) is 7.24. The molecule has 3 N–H and O–H groups in total. The highest BCUT2D eigenvalue weighted by molar-refractivity contribution is 5.93. The van der Waals surface area contributed by atoms with Gasteiger partial charge in [0.05, 0.1) is 0 Å². The number of hydrogen-bond acceptors (Lipinski definition) is 2. The number of aromatic nitrogens is 2. The zero-order valence-corrected chi connectivity index (χ0v) is 8.53. The summed E-state index contributed by atoms with van der Waals surface area (Å²) in [6.45, 7) is 2.04. The van der Waals surface area contributed by atoms with Crippen LogP contribution in [0.5, 0.6) is 0 Å². The lowest BCUT2D eigenvalue weighted by molar-refractivity contribution is 0.0994. The fourth-order valence-electron chi connectivity index (χ4n) is 2.86. The second kappa shape index (κ2) is 2.72. The summed E-state index contributed by atoms with van der Waals surface area (Å²) in [5.74, 6) is 1.44. The van der Waals surface area contributed by atoms with E-state index in [0.717, 1.165) is 17.7 Å². The van der Waals surface area contributed by atoms with Crippen molar-refractivity contribution in [3.05, 3.63) is 29.1 Å². The Kier molecular flexibility index (Phi) is 1.58. The molecular weight excluding hydrogens is 190 g/mol. The third-order valence-electron chi connectivity index (χ3n) is 3.55. The van der Waals surface area contributed by atoms with Crippen molar-refractivity contribution in [3.63, 3.8) is 0 Å². The Labute approximate surface area is 87.5 Å². The maximum atomic E-state index is 11.1. The van der Waals surface area contributed by atoms with Gasteiger partial charge in [0.15, 0.2) is 5.69 Å². The molecule has 2 aliphatic rings. The van der Waals surface area contributed by atoms with Crippen LogP contribution < -0.4 is 5.73 Å². The first kappa shape index (κ1) is 8.71. The largest absolute Gasteiger partial charge is 0.364 e. The fourth-order valence-corrected chi connectivity index (χ4v) is 2.86. The molecule has 4 heteroatoms. The molecule has 0 bridgehead atoms. The summed E-state index contributed by atoms with van der Waals surface area (Å²) in [5.41, 5.74) is 7.88. The van der Waals surface area contributed by atoms with Crippen LogP contribution in [0, 0.1) is 11.8 Å². The molecule has 78 valence electrons. The highest BCUT2D eigenvalue weighted by Crippen LogP contribution is 2.61. The summed E-state index contributed by atoms with van der Waals surface area (Å²) in [5, 5.41) is 6.95. The van der Waals surface area contributed by atoms with Crippen LogP contribution in [0.15, 0.2) is 12.2 Å². The first-order valence-corrected chi connectivity index (χ1v) is 5.23. The van der Waals surface area contributed by atoms with E-state index in [9.17, 15) is 4.79 Å². The van der Waals surface area contributed by atoms with Crippen LogP contribution in [0.4, 0.5) is 0 Å². The summed E-state index contributed by atoms with van der Waals surface area (Å²) in [6, 6.07) is 0. The number of allylic oxidation sites excluding steroid dienone is 2. The molecule has 0 unspecified atom stereocenters. The molecule has 1 heterocycles. The van der Waals surface area contributed by atoms with E-state index in [1.54, 1.807) is 0 Å². The lowest BCUT2D eigenvalue weighted by Gasteiger charge is -1.98. The number of nitrogens with one attached hydrogen (secondary N) is 1. The van der Waals surface area contributed by atoms with Crippen molar-refractivity contribution in [1.82, 2.24) is 10.2 Å². The number of amides is 1. The number of fused-ring (bicyclic) bond motifs is 3. The number of carbonyl (C=O) groups is 1. The Morgan fingerprint density at radius 1 is 1.67 bits per heavy atom. The average Bonchev–Trinajstić information content (AvgIpc) is 2.60. The summed E-state index contributed by atoms with van der Waals surface area (Å²) in [7, 11) is 0. The van der Waals surface area contributed by atoms with E-state index in [2.05, 4.69) is 22.3 Å². The Bertz CT molecular complexity index is 460. The topological polar surface area (TPSA) is 71.8 Å². The quantitative estimate of drug-likeness (QED) is 0.703. The van der Waals surface area contributed by atoms with Crippen molar-refractivity contribution >= 4 is 5.91 Å². The van der Waals surface area contributed by atoms with Gasteiger partial charge < -0.3 is 5.73 Å². The average molecular weight is 203 g/mol. The number of hydrogen-bond donors (Lipinski definition) is 2. The van der Waals surface area contributed by atoms with Crippen molar-refractivity contribution in [2.24, 2.45) is 17.6 Å². The van der Waals surface area contributed by atoms with Crippen LogP contribution in [0.1, 0.15) is 34.6 Å². The number of aromatic amines is 1. The third-order valence-corrected chi connectivity index (χ3v) is 3.55. The molecule has 2 aliphatic carbocycles. The van der Waals surface area contributed by atoms with Gasteiger partial charge in [-0.2, -0.15) is 5.10 Å². The highest BCUT2D eigenvalue weighted by atomic mass is 16.1. The van der Waals surface area contributed by atoms with E-state index >= 15 is 0 Å². The smallest absolute Gasteiger partial charge is 0.269 e. The van der Waals surface area contributed by atoms with E-state index in [4.69, 9.17) is 5.73 Å². The second-order valence-corrected chi connectivity index (χ2v) is 4.33. The van der Waals surface area contributed by atoms with Crippen LogP contribution in [-0.2, 0) is 6.42 Å². The lowest BCUT2D eigenvalue weighted by atomic mass is 10.1. The minimum absolute atomic E-state index is 0.420. The van der Waals surface area contributed by atoms with Crippen molar-refractivity contribution in [2.45, 2.75) is 19.3 Å². The van der Waals surface area contributed by atoms with Crippen molar-refractivity contribution in [2.75, 3.05) is 0 Å². The van der Waals surface area contributed by atoms with Gasteiger partial charge in [0.25, 0.3) is 5.91 Å². The molecule has 0 spiro atoms. The van der Waals surface area contributed by atoms with Gasteiger partial charge in [-0.25, -0.2) is 0 Å². The molecule has 1 fully saturated rings. The molecule has 0 radical (unpaired) electrons. The standard InChI is InChI=1S/C11H13N3O/c1-2-3-5-6-4-7-9(8(5)6)13-14-10(7)11(12)15/h2-3,5-6,8H,4H2,1H3,(H2,12,15)(H,13,14)/t5-,6+,8-/m1/s1. The predicted octanol–water partition coefficient (Wildman–Crippen LogP) is 0.970. The zero-order chi connectivity index (χ0) is 10.6. The van der Waals surface area contributed by atoms with E-state index in [-0.39, 0.29) is 0 Å².